The molecule has 0 aliphatic heterocycles. The van der Waals surface area contributed by atoms with Gasteiger partial charge in [-0.2, -0.15) is 0 Å². The van der Waals surface area contributed by atoms with Gasteiger partial charge in [0.1, 0.15) is 0 Å². The van der Waals surface area contributed by atoms with Crippen LogP contribution in [0.15, 0.2) is 34.8 Å². The van der Waals surface area contributed by atoms with Crippen molar-refractivity contribution in [2.75, 3.05) is 11.1 Å². The Balaban J connectivity index is 2.19. The maximum Gasteiger partial charge on any atom is 0.0590 e. The Bertz CT molecular complexity index is 615. The zero-order valence-electron chi connectivity index (χ0n) is 10.3. The third kappa shape index (κ3) is 3.56. The van der Waals surface area contributed by atoms with Crippen molar-refractivity contribution in [2.45, 2.75) is 13.5 Å². The van der Waals surface area contributed by atoms with Gasteiger partial charge in [0.15, 0.2) is 0 Å². The number of halogens is 3. The van der Waals surface area contributed by atoms with Gasteiger partial charge >= 0.3 is 0 Å². The lowest BCUT2D eigenvalue weighted by atomic mass is 10.1. The Morgan fingerprint density at radius 3 is 2.63 bits per heavy atom. The zero-order chi connectivity index (χ0) is 14.0. The van der Waals surface area contributed by atoms with Crippen LogP contribution in [-0.4, -0.2) is 0 Å². The molecule has 2 nitrogen and oxygen atoms in total. The molecule has 0 aliphatic rings. The van der Waals surface area contributed by atoms with Crippen molar-refractivity contribution in [1.29, 1.82) is 0 Å². The monoisotopic (exact) mass is 358 g/mol. The summed E-state index contributed by atoms with van der Waals surface area (Å²) in [6.07, 6.45) is 0. The number of aryl methyl sites for hydroxylation is 1. The van der Waals surface area contributed by atoms with Gasteiger partial charge < -0.3 is 11.1 Å². The van der Waals surface area contributed by atoms with E-state index in [1.165, 1.54) is 0 Å². The van der Waals surface area contributed by atoms with Crippen LogP contribution in [0.2, 0.25) is 10.0 Å². The van der Waals surface area contributed by atoms with Gasteiger partial charge in [-0.3, -0.25) is 0 Å². The van der Waals surface area contributed by atoms with Gasteiger partial charge in [0, 0.05) is 21.1 Å². The maximum absolute atomic E-state index is 6.13. The summed E-state index contributed by atoms with van der Waals surface area (Å²) in [5.74, 6) is 0. The molecule has 19 heavy (non-hydrogen) atoms. The fourth-order valence-corrected chi connectivity index (χ4v) is 2.80. The lowest BCUT2D eigenvalue weighted by molar-refractivity contribution is 1.15. The lowest BCUT2D eigenvalue weighted by Crippen LogP contribution is -2.04. The van der Waals surface area contributed by atoms with Crippen LogP contribution in [0.3, 0.4) is 0 Å². The van der Waals surface area contributed by atoms with E-state index in [9.17, 15) is 0 Å². The van der Waals surface area contributed by atoms with Crippen LogP contribution in [0.4, 0.5) is 11.4 Å². The van der Waals surface area contributed by atoms with E-state index in [1.807, 2.05) is 31.2 Å². The smallest absolute Gasteiger partial charge is 0.0590 e. The number of anilines is 2. The molecule has 0 aromatic heterocycles. The largest absolute Gasteiger partial charge is 0.397 e. The average Bonchev–Trinajstić information content (AvgIpc) is 2.33. The summed E-state index contributed by atoms with van der Waals surface area (Å²) < 4.78 is 0.990. The van der Waals surface area contributed by atoms with E-state index in [1.54, 1.807) is 6.07 Å². The fraction of sp³-hybridized carbons (Fsp3) is 0.143. The topological polar surface area (TPSA) is 38.0 Å². The second-order valence-electron chi connectivity index (χ2n) is 4.27. The third-order valence-electron chi connectivity index (χ3n) is 2.84. The molecule has 0 saturated heterocycles. The molecular formula is C14H13BrCl2N2. The van der Waals surface area contributed by atoms with E-state index < -0.39 is 0 Å². The molecule has 0 spiro atoms. The summed E-state index contributed by atoms with van der Waals surface area (Å²) in [4.78, 5) is 0. The Morgan fingerprint density at radius 2 is 1.95 bits per heavy atom. The van der Waals surface area contributed by atoms with Crippen molar-refractivity contribution in [3.05, 3.63) is 56.0 Å². The van der Waals surface area contributed by atoms with Crippen LogP contribution in [-0.2, 0) is 6.54 Å². The van der Waals surface area contributed by atoms with Crippen molar-refractivity contribution in [3.8, 4) is 0 Å². The van der Waals surface area contributed by atoms with Gasteiger partial charge in [-0.25, -0.2) is 0 Å². The molecule has 2 aromatic carbocycles. The van der Waals surface area contributed by atoms with Gasteiger partial charge in [-0.1, -0.05) is 45.2 Å². The molecule has 0 bridgehead atoms. The first-order chi connectivity index (χ1) is 8.97. The van der Waals surface area contributed by atoms with Gasteiger partial charge in [0.05, 0.1) is 11.4 Å². The number of rotatable bonds is 3. The highest BCUT2D eigenvalue weighted by Gasteiger charge is 2.06. The molecule has 0 saturated carbocycles. The molecule has 0 heterocycles. The van der Waals surface area contributed by atoms with Crippen LogP contribution in [0, 0.1) is 6.92 Å². The summed E-state index contributed by atoms with van der Waals surface area (Å²) in [5, 5.41) is 4.56. The van der Waals surface area contributed by atoms with Gasteiger partial charge in [-0.15, -0.1) is 0 Å². The normalized spacial score (nSPS) is 10.5. The van der Waals surface area contributed by atoms with E-state index >= 15 is 0 Å². The molecule has 0 fully saturated rings. The van der Waals surface area contributed by atoms with E-state index in [4.69, 9.17) is 28.9 Å². The van der Waals surface area contributed by atoms with Crippen LogP contribution >= 0.6 is 39.1 Å². The molecule has 0 aliphatic carbocycles. The van der Waals surface area contributed by atoms with Crippen molar-refractivity contribution >= 4 is 50.5 Å². The van der Waals surface area contributed by atoms with Gasteiger partial charge in [0.2, 0.25) is 0 Å². The number of nitrogens with one attached hydrogen (secondary N) is 1. The first kappa shape index (κ1) is 14.5. The predicted molar refractivity (Wildman–Crippen MR) is 87.1 cm³/mol. The maximum atomic E-state index is 6.13. The molecule has 0 radical (unpaired) electrons. The number of benzene rings is 2. The van der Waals surface area contributed by atoms with Crippen LogP contribution in [0.1, 0.15) is 11.1 Å². The Hall–Kier alpha value is -0.900. The molecule has 5 heteroatoms. The molecule has 2 aromatic rings. The van der Waals surface area contributed by atoms with Gasteiger partial charge in [0.25, 0.3) is 0 Å². The van der Waals surface area contributed by atoms with Crippen molar-refractivity contribution in [1.82, 2.24) is 0 Å². The summed E-state index contributed by atoms with van der Waals surface area (Å²) in [5.41, 5.74) is 9.67. The molecule has 0 unspecified atom stereocenters. The molecular weight excluding hydrogens is 347 g/mol. The SMILES string of the molecule is Cc1cc(Br)cc(NCc2ccc(Cl)cc2Cl)c1N. The summed E-state index contributed by atoms with van der Waals surface area (Å²) in [7, 11) is 0. The van der Waals surface area contributed by atoms with E-state index in [0.29, 0.717) is 16.6 Å². The highest BCUT2D eigenvalue weighted by molar-refractivity contribution is 9.10. The lowest BCUT2D eigenvalue weighted by Gasteiger charge is -2.13. The Kier molecular flexibility index (Phi) is 4.61. The van der Waals surface area contributed by atoms with E-state index in [-0.39, 0.29) is 0 Å². The number of hydrogen-bond donors (Lipinski definition) is 2. The zero-order valence-corrected chi connectivity index (χ0v) is 13.4. The standard InChI is InChI=1S/C14H13BrCl2N2/c1-8-4-10(15)5-13(14(8)18)19-7-9-2-3-11(16)6-12(9)17/h2-6,19H,7,18H2,1H3. The van der Waals surface area contributed by atoms with Gasteiger partial charge in [-0.05, 0) is 42.3 Å². The first-order valence-corrected chi connectivity index (χ1v) is 7.25. The van der Waals surface area contributed by atoms with Crippen molar-refractivity contribution < 1.29 is 0 Å². The van der Waals surface area contributed by atoms with Crippen molar-refractivity contribution in [2.24, 2.45) is 0 Å². The minimum Gasteiger partial charge on any atom is -0.397 e. The average molecular weight is 360 g/mol. The molecule has 0 amide bonds. The van der Waals surface area contributed by atoms with Crippen LogP contribution in [0.25, 0.3) is 0 Å². The highest BCUT2D eigenvalue weighted by Crippen LogP contribution is 2.29. The molecule has 3 N–H and O–H groups in total. The summed E-state index contributed by atoms with van der Waals surface area (Å²) >= 11 is 15.5. The number of nitrogens with two attached hydrogens (primary N) is 1. The molecule has 2 rings (SSSR count). The van der Waals surface area contributed by atoms with E-state index in [0.717, 1.165) is 27.0 Å². The molecule has 0 atom stereocenters. The highest BCUT2D eigenvalue weighted by atomic mass is 79.9. The second-order valence-corrected chi connectivity index (χ2v) is 6.03. The Morgan fingerprint density at radius 1 is 1.21 bits per heavy atom. The second kappa shape index (κ2) is 6.04. The fourth-order valence-electron chi connectivity index (χ4n) is 1.76. The first-order valence-electron chi connectivity index (χ1n) is 5.71. The van der Waals surface area contributed by atoms with Crippen LogP contribution < -0.4 is 11.1 Å². The molecule has 100 valence electrons. The third-order valence-corrected chi connectivity index (χ3v) is 3.88. The minimum absolute atomic E-state index is 0.593. The van der Waals surface area contributed by atoms with Crippen molar-refractivity contribution in [3.63, 3.8) is 0 Å². The minimum atomic E-state index is 0.593. The van der Waals surface area contributed by atoms with E-state index in [2.05, 4.69) is 21.2 Å². The summed E-state index contributed by atoms with van der Waals surface area (Å²) in [6.45, 7) is 2.57. The predicted octanol–water partition coefficient (Wildman–Crippen LogP) is 5.26. The quantitative estimate of drug-likeness (QED) is 0.733. The van der Waals surface area contributed by atoms with Crippen LogP contribution in [0.5, 0.6) is 0 Å². The number of nitrogen functional groups attached to an aromatic ring is 1. The summed E-state index contributed by atoms with van der Waals surface area (Å²) in [6, 6.07) is 9.39. The number of hydrogen-bond acceptors (Lipinski definition) is 2. The Labute approximate surface area is 131 Å².